The van der Waals surface area contributed by atoms with Gasteiger partial charge < -0.3 is 10.2 Å². The molecule has 0 amide bonds. The van der Waals surface area contributed by atoms with Crippen LogP contribution in [-0.4, -0.2) is 37.1 Å². The van der Waals surface area contributed by atoms with E-state index in [-0.39, 0.29) is 0 Å². The zero-order chi connectivity index (χ0) is 10.9. The molecule has 2 nitrogen and oxygen atoms in total. The molecular weight excluding hydrogens is 184 g/mol. The molecule has 1 rings (SSSR count). The predicted octanol–water partition coefficient (Wildman–Crippen LogP) is 1.86. The van der Waals surface area contributed by atoms with Crippen LogP contribution < -0.4 is 5.32 Å². The van der Waals surface area contributed by atoms with Gasteiger partial charge in [-0.1, -0.05) is 6.92 Å². The molecule has 0 bridgehead atoms. The van der Waals surface area contributed by atoms with E-state index in [2.05, 4.69) is 29.0 Å². The molecule has 1 atom stereocenters. The third kappa shape index (κ3) is 5.20. The summed E-state index contributed by atoms with van der Waals surface area (Å²) in [6.45, 7) is 8.93. The molecule has 1 N–H and O–H groups in total. The Labute approximate surface area is 94.4 Å². The van der Waals surface area contributed by atoms with Crippen LogP contribution >= 0.6 is 0 Å². The van der Waals surface area contributed by atoms with E-state index in [0.29, 0.717) is 0 Å². The SMILES string of the molecule is CC#CCCN(CCC)CC1CCCN1. The molecule has 0 aromatic rings. The lowest BCUT2D eigenvalue weighted by molar-refractivity contribution is 0.255. The molecule has 0 aromatic carbocycles. The zero-order valence-corrected chi connectivity index (χ0v) is 10.2. The Morgan fingerprint density at radius 3 is 2.87 bits per heavy atom. The van der Waals surface area contributed by atoms with Crippen LogP contribution in [0.3, 0.4) is 0 Å². The largest absolute Gasteiger partial charge is 0.313 e. The lowest BCUT2D eigenvalue weighted by Crippen LogP contribution is -2.38. The van der Waals surface area contributed by atoms with Crippen LogP contribution in [0.2, 0.25) is 0 Å². The number of rotatable bonds is 6. The van der Waals surface area contributed by atoms with Gasteiger partial charge in [-0.05, 0) is 39.3 Å². The van der Waals surface area contributed by atoms with Gasteiger partial charge in [0.05, 0.1) is 0 Å². The standard InChI is InChI=1S/C13H24N2/c1-3-5-6-11-15(10-4-2)12-13-8-7-9-14-13/h13-14H,4,6-12H2,1-2H3. The molecule has 1 aliphatic heterocycles. The van der Waals surface area contributed by atoms with Crippen LogP contribution in [0.5, 0.6) is 0 Å². The summed E-state index contributed by atoms with van der Waals surface area (Å²) in [6.07, 6.45) is 4.95. The van der Waals surface area contributed by atoms with Gasteiger partial charge >= 0.3 is 0 Å². The number of hydrogen-bond donors (Lipinski definition) is 1. The van der Waals surface area contributed by atoms with E-state index in [1.807, 2.05) is 6.92 Å². The Hall–Kier alpha value is -0.520. The maximum Gasteiger partial charge on any atom is 0.0216 e. The fourth-order valence-electron chi connectivity index (χ4n) is 2.17. The Morgan fingerprint density at radius 1 is 1.40 bits per heavy atom. The van der Waals surface area contributed by atoms with Crippen molar-refractivity contribution in [3.05, 3.63) is 0 Å². The smallest absolute Gasteiger partial charge is 0.0216 e. The lowest BCUT2D eigenvalue weighted by atomic mass is 10.2. The van der Waals surface area contributed by atoms with Crippen molar-refractivity contribution in [2.24, 2.45) is 0 Å². The van der Waals surface area contributed by atoms with Crippen molar-refractivity contribution in [1.29, 1.82) is 0 Å². The molecule has 0 aromatic heterocycles. The average Bonchev–Trinajstić information content (AvgIpc) is 2.71. The van der Waals surface area contributed by atoms with Crippen molar-refractivity contribution in [1.82, 2.24) is 10.2 Å². The minimum absolute atomic E-state index is 0.728. The first kappa shape index (κ1) is 12.5. The van der Waals surface area contributed by atoms with Crippen molar-refractivity contribution in [2.75, 3.05) is 26.2 Å². The van der Waals surface area contributed by atoms with Gasteiger partial charge in [0.2, 0.25) is 0 Å². The van der Waals surface area contributed by atoms with Gasteiger partial charge in [0.1, 0.15) is 0 Å². The van der Waals surface area contributed by atoms with E-state index < -0.39 is 0 Å². The van der Waals surface area contributed by atoms with Crippen LogP contribution in [0.1, 0.15) is 39.5 Å². The maximum atomic E-state index is 3.56. The second-order valence-corrected chi connectivity index (χ2v) is 4.27. The van der Waals surface area contributed by atoms with Crippen molar-refractivity contribution in [3.63, 3.8) is 0 Å². The fourth-order valence-corrected chi connectivity index (χ4v) is 2.17. The molecule has 0 aliphatic carbocycles. The highest BCUT2D eigenvalue weighted by atomic mass is 15.1. The molecule has 15 heavy (non-hydrogen) atoms. The molecule has 1 saturated heterocycles. The molecule has 1 unspecified atom stereocenters. The van der Waals surface area contributed by atoms with Crippen LogP contribution in [0.4, 0.5) is 0 Å². The predicted molar refractivity (Wildman–Crippen MR) is 65.8 cm³/mol. The third-order valence-corrected chi connectivity index (χ3v) is 2.91. The van der Waals surface area contributed by atoms with Crippen LogP contribution in [0, 0.1) is 11.8 Å². The van der Waals surface area contributed by atoms with Gasteiger partial charge in [0, 0.05) is 25.6 Å². The summed E-state index contributed by atoms with van der Waals surface area (Å²) in [4.78, 5) is 2.55. The summed E-state index contributed by atoms with van der Waals surface area (Å²) in [5.74, 6) is 6.12. The second-order valence-electron chi connectivity index (χ2n) is 4.27. The Bertz CT molecular complexity index is 208. The first-order valence-electron chi connectivity index (χ1n) is 6.22. The van der Waals surface area contributed by atoms with Gasteiger partial charge in [-0.2, -0.15) is 0 Å². The number of nitrogens with zero attached hydrogens (tertiary/aromatic N) is 1. The van der Waals surface area contributed by atoms with Crippen molar-refractivity contribution in [3.8, 4) is 11.8 Å². The van der Waals surface area contributed by atoms with E-state index in [1.165, 1.54) is 38.9 Å². The topological polar surface area (TPSA) is 15.3 Å². The Kier molecular flexibility index (Phi) is 6.47. The van der Waals surface area contributed by atoms with Gasteiger partial charge in [0.25, 0.3) is 0 Å². The third-order valence-electron chi connectivity index (χ3n) is 2.91. The van der Waals surface area contributed by atoms with E-state index in [1.54, 1.807) is 0 Å². The van der Waals surface area contributed by atoms with E-state index in [9.17, 15) is 0 Å². The van der Waals surface area contributed by atoms with Crippen molar-refractivity contribution >= 4 is 0 Å². The molecule has 1 fully saturated rings. The fraction of sp³-hybridized carbons (Fsp3) is 0.846. The summed E-state index contributed by atoms with van der Waals surface area (Å²) in [7, 11) is 0. The maximum absolute atomic E-state index is 3.56. The molecule has 0 radical (unpaired) electrons. The summed E-state index contributed by atoms with van der Waals surface area (Å²) < 4.78 is 0. The molecule has 1 aliphatic rings. The molecular formula is C13H24N2. The number of hydrogen-bond acceptors (Lipinski definition) is 2. The van der Waals surface area contributed by atoms with E-state index in [0.717, 1.165) is 19.0 Å². The minimum atomic E-state index is 0.728. The lowest BCUT2D eigenvalue weighted by Gasteiger charge is -2.24. The molecule has 1 heterocycles. The molecule has 0 saturated carbocycles. The van der Waals surface area contributed by atoms with Gasteiger partial charge in [-0.3, -0.25) is 0 Å². The first-order valence-corrected chi connectivity index (χ1v) is 6.22. The van der Waals surface area contributed by atoms with E-state index in [4.69, 9.17) is 0 Å². The average molecular weight is 208 g/mol. The highest BCUT2D eigenvalue weighted by Gasteiger charge is 2.16. The first-order chi connectivity index (χ1) is 7.36. The van der Waals surface area contributed by atoms with E-state index >= 15 is 0 Å². The van der Waals surface area contributed by atoms with Crippen molar-refractivity contribution in [2.45, 2.75) is 45.6 Å². The van der Waals surface area contributed by atoms with Gasteiger partial charge in [-0.15, -0.1) is 11.8 Å². The minimum Gasteiger partial charge on any atom is -0.313 e. The van der Waals surface area contributed by atoms with Crippen molar-refractivity contribution < 1.29 is 0 Å². The van der Waals surface area contributed by atoms with Gasteiger partial charge in [-0.25, -0.2) is 0 Å². The van der Waals surface area contributed by atoms with Gasteiger partial charge in [0.15, 0.2) is 0 Å². The number of nitrogens with one attached hydrogen (secondary N) is 1. The summed E-state index contributed by atoms with van der Waals surface area (Å²) >= 11 is 0. The monoisotopic (exact) mass is 208 g/mol. The van der Waals surface area contributed by atoms with Crippen LogP contribution in [0.15, 0.2) is 0 Å². The Balaban J connectivity index is 2.23. The molecule has 86 valence electrons. The van der Waals surface area contributed by atoms with Crippen LogP contribution in [-0.2, 0) is 0 Å². The highest BCUT2D eigenvalue weighted by molar-refractivity contribution is 4.95. The summed E-state index contributed by atoms with van der Waals surface area (Å²) in [5.41, 5.74) is 0. The zero-order valence-electron chi connectivity index (χ0n) is 10.2. The summed E-state index contributed by atoms with van der Waals surface area (Å²) in [6, 6.07) is 0.728. The Morgan fingerprint density at radius 2 is 2.27 bits per heavy atom. The summed E-state index contributed by atoms with van der Waals surface area (Å²) in [5, 5.41) is 3.56. The normalized spacial score (nSPS) is 20.3. The quantitative estimate of drug-likeness (QED) is 0.670. The molecule has 0 spiro atoms. The second kappa shape index (κ2) is 7.73. The molecule has 2 heteroatoms. The highest BCUT2D eigenvalue weighted by Crippen LogP contribution is 2.07. The van der Waals surface area contributed by atoms with Crippen LogP contribution in [0.25, 0.3) is 0 Å².